The summed E-state index contributed by atoms with van der Waals surface area (Å²) in [4.78, 5) is 31.1. The summed E-state index contributed by atoms with van der Waals surface area (Å²) < 4.78 is 0. The molecule has 1 fully saturated rings. The van der Waals surface area contributed by atoms with Crippen molar-refractivity contribution in [2.45, 2.75) is 38.5 Å². The number of fused-ring (bicyclic) bond motifs is 1. The minimum atomic E-state index is -0.518. The lowest BCUT2D eigenvalue weighted by atomic mass is 10.0. The second-order valence-corrected chi connectivity index (χ2v) is 5.11. The number of likely N-dealkylation sites (N-methyl/N-ethyl adjacent to an activating group) is 1. The molecule has 2 heterocycles. The number of carbonyl (C=O) groups is 2. The Morgan fingerprint density at radius 2 is 2.00 bits per heavy atom. The third kappa shape index (κ3) is 1.45. The summed E-state index contributed by atoms with van der Waals surface area (Å²) in [6, 6.07) is -0.775. The molecule has 3 amide bonds. The van der Waals surface area contributed by atoms with Gasteiger partial charge in [-0.25, -0.2) is 9.79 Å². The molecule has 0 spiro atoms. The number of hydrogen-bond donors (Lipinski definition) is 1. The number of rotatable bonds is 0. The second kappa shape index (κ2) is 3.20. The first kappa shape index (κ1) is 10.9. The lowest BCUT2D eigenvalue weighted by Crippen LogP contribution is -2.67. The predicted molar refractivity (Wildman–Crippen MR) is 59.0 cm³/mol. The van der Waals surface area contributed by atoms with E-state index in [1.165, 1.54) is 4.90 Å². The van der Waals surface area contributed by atoms with Crippen molar-refractivity contribution >= 4 is 18.3 Å². The van der Waals surface area contributed by atoms with Crippen LogP contribution in [0.4, 0.5) is 4.79 Å². The maximum atomic E-state index is 12.2. The molecule has 0 aromatic carbocycles. The third-order valence-electron chi connectivity index (χ3n) is 2.77. The van der Waals surface area contributed by atoms with Crippen LogP contribution < -0.4 is 5.32 Å². The SMILES string of the molecule is CN1C=NC2NC(=O)N(C(C)(C)C)C(=O)C21. The van der Waals surface area contributed by atoms with Crippen LogP contribution >= 0.6 is 0 Å². The van der Waals surface area contributed by atoms with Crippen molar-refractivity contribution in [2.24, 2.45) is 4.99 Å². The van der Waals surface area contributed by atoms with Crippen LogP contribution in [0.25, 0.3) is 0 Å². The van der Waals surface area contributed by atoms with E-state index in [1.54, 1.807) is 18.3 Å². The third-order valence-corrected chi connectivity index (χ3v) is 2.77. The van der Waals surface area contributed by atoms with E-state index in [4.69, 9.17) is 0 Å². The first-order valence-corrected chi connectivity index (χ1v) is 5.22. The molecule has 16 heavy (non-hydrogen) atoms. The zero-order chi connectivity index (χ0) is 12.1. The van der Waals surface area contributed by atoms with Gasteiger partial charge in [0.15, 0.2) is 12.2 Å². The van der Waals surface area contributed by atoms with Crippen LogP contribution in [0.5, 0.6) is 0 Å². The Kier molecular flexibility index (Phi) is 2.18. The van der Waals surface area contributed by atoms with Gasteiger partial charge in [-0.3, -0.25) is 9.69 Å². The first-order chi connectivity index (χ1) is 7.32. The number of nitrogens with zero attached hydrogens (tertiary/aromatic N) is 3. The summed E-state index contributed by atoms with van der Waals surface area (Å²) in [6.07, 6.45) is 1.14. The summed E-state index contributed by atoms with van der Waals surface area (Å²) in [5.41, 5.74) is -0.518. The van der Waals surface area contributed by atoms with E-state index in [2.05, 4.69) is 10.3 Å². The van der Waals surface area contributed by atoms with Gasteiger partial charge in [0, 0.05) is 12.6 Å². The molecule has 2 rings (SSSR count). The first-order valence-electron chi connectivity index (χ1n) is 5.22. The number of aliphatic imine (C=N–C) groups is 1. The highest BCUT2D eigenvalue weighted by Crippen LogP contribution is 2.24. The minimum absolute atomic E-state index is 0.193. The van der Waals surface area contributed by atoms with Crippen LogP contribution in [0.2, 0.25) is 0 Å². The highest BCUT2D eigenvalue weighted by atomic mass is 16.2. The quantitative estimate of drug-likeness (QED) is 0.630. The maximum Gasteiger partial charge on any atom is 0.326 e. The molecule has 2 atom stereocenters. The number of carbonyl (C=O) groups excluding carboxylic acids is 2. The molecule has 0 radical (unpaired) electrons. The van der Waals surface area contributed by atoms with E-state index in [0.717, 1.165) is 0 Å². The number of amides is 3. The van der Waals surface area contributed by atoms with Gasteiger partial charge in [-0.2, -0.15) is 0 Å². The standard InChI is InChI=1S/C10H16N4O2/c1-10(2,3)14-8(15)6-7(12-9(14)16)11-5-13(6)4/h5-7H,1-4H3,(H,12,16). The Morgan fingerprint density at radius 3 is 2.56 bits per heavy atom. The van der Waals surface area contributed by atoms with Gasteiger partial charge in [-0.05, 0) is 20.8 Å². The second-order valence-electron chi connectivity index (χ2n) is 5.11. The highest BCUT2D eigenvalue weighted by Gasteiger charge is 2.48. The fourth-order valence-electron chi connectivity index (χ4n) is 2.04. The van der Waals surface area contributed by atoms with Gasteiger partial charge in [0.25, 0.3) is 5.91 Å². The monoisotopic (exact) mass is 224 g/mol. The average molecular weight is 224 g/mol. The molecular formula is C10H16N4O2. The normalized spacial score (nSPS) is 29.5. The van der Waals surface area contributed by atoms with E-state index in [1.807, 2.05) is 20.8 Å². The summed E-state index contributed by atoms with van der Waals surface area (Å²) in [5.74, 6) is -0.193. The van der Waals surface area contributed by atoms with Gasteiger partial charge in [-0.1, -0.05) is 0 Å². The van der Waals surface area contributed by atoms with Crippen LogP contribution in [0.3, 0.4) is 0 Å². The molecule has 0 bridgehead atoms. The molecule has 1 saturated heterocycles. The molecule has 1 N–H and O–H groups in total. The molecule has 88 valence electrons. The maximum absolute atomic E-state index is 12.2. The Hall–Kier alpha value is -1.59. The van der Waals surface area contributed by atoms with Crippen molar-refractivity contribution in [1.82, 2.24) is 15.1 Å². The Morgan fingerprint density at radius 1 is 1.38 bits per heavy atom. The van der Waals surface area contributed by atoms with Crippen molar-refractivity contribution in [3.8, 4) is 0 Å². The fourth-order valence-corrected chi connectivity index (χ4v) is 2.04. The zero-order valence-corrected chi connectivity index (χ0v) is 9.89. The van der Waals surface area contributed by atoms with Crippen molar-refractivity contribution in [2.75, 3.05) is 7.05 Å². The van der Waals surface area contributed by atoms with Crippen molar-refractivity contribution in [3.63, 3.8) is 0 Å². The molecule has 6 heteroatoms. The van der Waals surface area contributed by atoms with Gasteiger partial charge in [0.05, 0.1) is 6.34 Å². The van der Waals surface area contributed by atoms with Crippen molar-refractivity contribution in [1.29, 1.82) is 0 Å². The van der Waals surface area contributed by atoms with E-state index in [0.29, 0.717) is 0 Å². The van der Waals surface area contributed by atoms with Crippen molar-refractivity contribution in [3.05, 3.63) is 0 Å². The summed E-state index contributed by atoms with van der Waals surface area (Å²) in [7, 11) is 1.78. The Bertz CT molecular complexity index is 372. The van der Waals surface area contributed by atoms with E-state index < -0.39 is 17.7 Å². The van der Waals surface area contributed by atoms with Gasteiger partial charge in [0.2, 0.25) is 0 Å². The summed E-state index contributed by atoms with van der Waals surface area (Å²) >= 11 is 0. The molecule has 0 aromatic heterocycles. The molecule has 0 aliphatic carbocycles. The lowest BCUT2D eigenvalue weighted by Gasteiger charge is -2.41. The highest BCUT2D eigenvalue weighted by molar-refractivity contribution is 6.02. The number of urea groups is 1. The molecule has 2 aliphatic heterocycles. The van der Waals surface area contributed by atoms with Crippen LogP contribution in [-0.4, -0.2) is 52.9 Å². The minimum Gasteiger partial charge on any atom is -0.351 e. The van der Waals surface area contributed by atoms with Crippen LogP contribution in [0, 0.1) is 0 Å². The smallest absolute Gasteiger partial charge is 0.326 e. The molecule has 0 aromatic rings. The molecule has 2 unspecified atom stereocenters. The number of nitrogens with one attached hydrogen (secondary N) is 1. The largest absolute Gasteiger partial charge is 0.351 e. The lowest BCUT2D eigenvalue weighted by molar-refractivity contribution is -0.138. The van der Waals surface area contributed by atoms with Crippen molar-refractivity contribution < 1.29 is 9.59 Å². The van der Waals surface area contributed by atoms with Crippen LogP contribution in [-0.2, 0) is 4.79 Å². The predicted octanol–water partition coefficient (Wildman–Crippen LogP) is 0.00510. The average Bonchev–Trinajstić information content (AvgIpc) is 2.44. The van der Waals surface area contributed by atoms with Gasteiger partial charge in [-0.15, -0.1) is 0 Å². The Balaban J connectivity index is 2.32. The van der Waals surface area contributed by atoms with E-state index in [9.17, 15) is 9.59 Å². The zero-order valence-electron chi connectivity index (χ0n) is 9.89. The molecular weight excluding hydrogens is 208 g/mol. The van der Waals surface area contributed by atoms with Crippen LogP contribution in [0.15, 0.2) is 4.99 Å². The van der Waals surface area contributed by atoms with E-state index >= 15 is 0 Å². The summed E-state index contributed by atoms with van der Waals surface area (Å²) in [6.45, 7) is 5.50. The number of imide groups is 1. The van der Waals surface area contributed by atoms with E-state index in [-0.39, 0.29) is 11.9 Å². The Labute approximate surface area is 94.3 Å². The molecule has 2 aliphatic rings. The van der Waals surface area contributed by atoms with Crippen LogP contribution in [0.1, 0.15) is 20.8 Å². The fraction of sp³-hybridized carbons (Fsp3) is 0.700. The molecule has 6 nitrogen and oxygen atoms in total. The summed E-state index contributed by atoms with van der Waals surface area (Å²) in [5, 5.41) is 2.72. The van der Waals surface area contributed by atoms with Gasteiger partial charge < -0.3 is 10.2 Å². The topological polar surface area (TPSA) is 65.0 Å². The molecule has 0 saturated carbocycles. The van der Waals surface area contributed by atoms with Gasteiger partial charge >= 0.3 is 6.03 Å². The number of hydrogen-bond acceptors (Lipinski definition) is 4. The van der Waals surface area contributed by atoms with Gasteiger partial charge in [0.1, 0.15) is 0 Å².